The molecule has 21 heavy (non-hydrogen) atoms. The van der Waals surface area contributed by atoms with Gasteiger partial charge in [-0.15, -0.1) is 0 Å². The fraction of sp³-hybridized carbons (Fsp3) is 0.250. The highest BCUT2D eigenvalue weighted by atomic mass is 19.4. The van der Waals surface area contributed by atoms with Gasteiger partial charge in [0.15, 0.2) is 6.10 Å². The van der Waals surface area contributed by atoms with Gasteiger partial charge >= 0.3 is 12.3 Å². The van der Waals surface area contributed by atoms with Crippen molar-refractivity contribution >= 4 is 6.09 Å². The van der Waals surface area contributed by atoms with Crippen molar-refractivity contribution in [3.63, 3.8) is 0 Å². The molecule has 0 bridgehead atoms. The van der Waals surface area contributed by atoms with Gasteiger partial charge in [-0.3, -0.25) is 0 Å². The first kappa shape index (κ1) is 14.8. The number of aromatic nitrogens is 3. The minimum absolute atomic E-state index is 0.178. The van der Waals surface area contributed by atoms with Crippen LogP contribution in [0.25, 0.3) is 0 Å². The fourth-order valence-corrected chi connectivity index (χ4v) is 1.86. The van der Waals surface area contributed by atoms with Gasteiger partial charge in [0.1, 0.15) is 6.54 Å². The van der Waals surface area contributed by atoms with Crippen LogP contribution in [0.4, 0.5) is 18.0 Å². The SMILES string of the molecule is NC(=O)OC(Cn1nccn1)c1ccccc1C(F)(F)F. The predicted octanol–water partition coefficient (Wildman–Crippen LogP) is 2.13. The molecule has 0 fully saturated rings. The van der Waals surface area contributed by atoms with E-state index in [1.165, 1.54) is 30.6 Å². The number of primary amides is 1. The van der Waals surface area contributed by atoms with Gasteiger partial charge in [0.25, 0.3) is 0 Å². The Hall–Kier alpha value is -2.58. The first-order valence-corrected chi connectivity index (χ1v) is 5.84. The standard InChI is InChI=1S/C12H11F3N4O2/c13-12(14,15)9-4-2-1-3-8(9)10(21-11(16)20)7-19-17-5-6-18-19/h1-6,10H,7H2,(H2,16,20). The summed E-state index contributed by atoms with van der Waals surface area (Å²) in [6.07, 6.45) is -4.28. The lowest BCUT2D eigenvalue weighted by Gasteiger charge is -2.20. The summed E-state index contributed by atoms with van der Waals surface area (Å²) in [5.41, 5.74) is 3.82. The van der Waals surface area contributed by atoms with Crippen LogP contribution in [-0.4, -0.2) is 21.1 Å². The number of ether oxygens (including phenoxy) is 1. The van der Waals surface area contributed by atoms with Gasteiger partial charge in [-0.05, 0) is 6.07 Å². The molecule has 1 aromatic carbocycles. The molecule has 0 radical (unpaired) electrons. The lowest BCUT2D eigenvalue weighted by molar-refractivity contribution is -0.139. The number of hydrogen-bond acceptors (Lipinski definition) is 4. The Balaban J connectivity index is 2.39. The first-order valence-electron chi connectivity index (χ1n) is 5.84. The molecule has 0 aliphatic carbocycles. The van der Waals surface area contributed by atoms with Gasteiger partial charge in [-0.2, -0.15) is 28.2 Å². The number of halogens is 3. The Morgan fingerprint density at radius 1 is 1.29 bits per heavy atom. The summed E-state index contributed by atoms with van der Waals surface area (Å²) in [5.74, 6) is 0. The van der Waals surface area contributed by atoms with Crippen molar-refractivity contribution in [2.24, 2.45) is 5.73 Å². The second-order valence-electron chi connectivity index (χ2n) is 4.09. The summed E-state index contributed by atoms with van der Waals surface area (Å²) in [6.45, 7) is -0.178. The van der Waals surface area contributed by atoms with Crippen LogP contribution in [0.3, 0.4) is 0 Å². The Morgan fingerprint density at radius 3 is 2.48 bits per heavy atom. The third kappa shape index (κ3) is 3.71. The number of carbonyl (C=O) groups is 1. The molecule has 2 N–H and O–H groups in total. The van der Waals surface area contributed by atoms with Crippen LogP contribution >= 0.6 is 0 Å². The minimum Gasteiger partial charge on any atom is -0.439 e. The van der Waals surface area contributed by atoms with Crippen molar-refractivity contribution in [2.45, 2.75) is 18.8 Å². The molecule has 0 spiro atoms. The molecule has 1 unspecified atom stereocenters. The minimum atomic E-state index is -4.58. The van der Waals surface area contributed by atoms with Crippen LogP contribution < -0.4 is 5.73 Å². The normalized spacial score (nSPS) is 12.9. The quantitative estimate of drug-likeness (QED) is 0.937. The monoisotopic (exact) mass is 300 g/mol. The molecule has 2 rings (SSSR count). The average Bonchev–Trinajstić information content (AvgIpc) is 2.89. The number of alkyl halides is 3. The number of benzene rings is 1. The molecule has 2 aromatic rings. The molecule has 1 aromatic heterocycles. The fourth-order valence-electron chi connectivity index (χ4n) is 1.86. The molecule has 9 heteroatoms. The molecule has 1 amide bonds. The molecule has 1 heterocycles. The van der Waals surface area contributed by atoms with Gasteiger partial charge in [-0.1, -0.05) is 18.2 Å². The van der Waals surface area contributed by atoms with E-state index in [1.807, 2.05) is 0 Å². The first-order chi connectivity index (χ1) is 9.88. The molecule has 0 saturated heterocycles. The molecule has 0 saturated carbocycles. The number of nitrogens with two attached hydrogens (primary N) is 1. The van der Waals surface area contributed by atoms with Gasteiger partial charge in [0.05, 0.1) is 18.0 Å². The van der Waals surface area contributed by atoms with Gasteiger partial charge < -0.3 is 10.5 Å². The van der Waals surface area contributed by atoms with Crippen molar-refractivity contribution in [3.8, 4) is 0 Å². The molecular formula is C12H11F3N4O2. The van der Waals surface area contributed by atoms with Crippen LogP contribution in [0.2, 0.25) is 0 Å². The summed E-state index contributed by atoms with van der Waals surface area (Å²) in [4.78, 5) is 12.1. The van der Waals surface area contributed by atoms with Crippen molar-refractivity contribution in [2.75, 3.05) is 0 Å². The Kier molecular flexibility index (Phi) is 4.10. The highest BCUT2D eigenvalue weighted by Gasteiger charge is 2.36. The maximum Gasteiger partial charge on any atom is 0.416 e. The summed E-state index contributed by atoms with van der Waals surface area (Å²) >= 11 is 0. The number of hydrogen-bond donors (Lipinski definition) is 1. The number of carbonyl (C=O) groups excluding carboxylic acids is 1. The van der Waals surface area contributed by atoms with Crippen molar-refractivity contribution in [3.05, 3.63) is 47.8 Å². The second kappa shape index (κ2) is 5.81. The number of rotatable bonds is 4. The van der Waals surface area contributed by atoms with E-state index in [-0.39, 0.29) is 12.1 Å². The zero-order valence-corrected chi connectivity index (χ0v) is 10.6. The maximum absolute atomic E-state index is 13.0. The van der Waals surface area contributed by atoms with E-state index in [0.29, 0.717) is 0 Å². The molecule has 112 valence electrons. The largest absolute Gasteiger partial charge is 0.439 e. The van der Waals surface area contributed by atoms with Crippen LogP contribution in [-0.2, 0) is 17.5 Å². The third-order valence-corrected chi connectivity index (χ3v) is 2.67. The third-order valence-electron chi connectivity index (χ3n) is 2.67. The van der Waals surface area contributed by atoms with E-state index in [2.05, 4.69) is 10.2 Å². The van der Waals surface area contributed by atoms with Gasteiger partial charge in [-0.25, -0.2) is 4.79 Å². The van der Waals surface area contributed by atoms with Crippen LogP contribution in [0, 0.1) is 0 Å². The zero-order chi connectivity index (χ0) is 15.5. The number of nitrogens with zero attached hydrogens (tertiary/aromatic N) is 3. The lowest BCUT2D eigenvalue weighted by atomic mass is 10.0. The highest BCUT2D eigenvalue weighted by molar-refractivity contribution is 5.65. The lowest BCUT2D eigenvalue weighted by Crippen LogP contribution is -2.24. The zero-order valence-electron chi connectivity index (χ0n) is 10.6. The molecule has 6 nitrogen and oxygen atoms in total. The van der Waals surface area contributed by atoms with Crippen LogP contribution in [0.5, 0.6) is 0 Å². The topological polar surface area (TPSA) is 83.0 Å². The van der Waals surface area contributed by atoms with E-state index < -0.39 is 23.9 Å². The number of amides is 1. The average molecular weight is 300 g/mol. The predicted molar refractivity (Wildman–Crippen MR) is 64.9 cm³/mol. The van der Waals surface area contributed by atoms with E-state index in [1.54, 1.807) is 0 Å². The van der Waals surface area contributed by atoms with Crippen LogP contribution in [0.1, 0.15) is 17.2 Å². The van der Waals surface area contributed by atoms with E-state index >= 15 is 0 Å². The molecule has 0 aliphatic rings. The Bertz CT molecular complexity index is 613. The van der Waals surface area contributed by atoms with Crippen molar-refractivity contribution in [1.29, 1.82) is 0 Å². The van der Waals surface area contributed by atoms with Crippen LogP contribution in [0.15, 0.2) is 36.7 Å². The second-order valence-corrected chi connectivity index (χ2v) is 4.09. The smallest absolute Gasteiger partial charge is 0.416 e. The van der Waals surface area contributed by atoms with Crippen molar-refractivity contribution in [1.82, 2.24) is 15.0 Å². The maximum atomic E-state index is 13.0. The molecular weight excluding hydrogens is 289 g/mol. The summed E-state index contributed by atoms with van der Waals surface area (Å²) in [6, 6.07) is 4.79. The van der Waals surface area contributed by atoms with E-state index in [4.69, 9.17) is 10.5 Å². The van der Waals surface area contributed by atoms with Crippen molar-refractivity contribution < 1.29 is 22.7 Å². The van der Waals surface area contributed by atoms with E-state index in [0.717, 1.165) is 10.9 Å². The summed E-state index contributed by atoms with van der Waals surface area (Å²) in [7, 11) is 0. The Morgan fingerprint density at radius 2 is 1.90 bits per heavy atom. The summed E-state index contributed by atoms with van der Waals surface area (Å²) in [5, 5.41) is 7.55. The Labute approximate surface area is 117 Å². The summed E-state index contributed by atoms with van der Waals surface area (Å²) < 4.78 is 43.8. The van der Waals surface area contributed by atoms with Gasteiger partial charge in [0.2, 0.25) is 0 Å². The molecule has 1 atom stereocenters. The highest BCUT2D eigenvalue weighted by Crippen LogP contribution is 2.35. The van der Waals surface area contributed by atoms with E-state index in [9.17, 15) is 18.0 Å². The molecule has 0 aliphatic heterocycles. The van der Waals surface area contributed by atoms with Gasteiger partial charge in [0, 0.05) is 5.56 Å².